The molecule has 4 rings (SSSR count). The van der Waals surface area contributed by atoms with Crippen LogP contribution in [0, 0.1) is 13.8 Å². The maximum absolute atomic E-state index is 13.6. The van der Waals surface area contributed by atoms with Gasteiger partial charge in [0, 0.05) is 17.3 Å². The lowest BCUT2D eigenvalue weighted by Gasteiger charge is -2.48. The standard InChI is InChI=1S/C26H31N3O4/c1-16-12-17(2)14-19(13-16)27-24(30)15-23-25(31)28-21-6-4-5-7-22(21)29(23)26(32)18-8-10-20(33-3)11-9-18/h8-14,21-23H,4-7,15H2,1-3H3,(H,27,30)(H,28,31)/t21-,22+,23+/m1/s1. The minimum absolute atomic E-state index is 0.0767. The monoisotopic (exact) mass is 449 g/mol. The molecule has 2 fully saturated rings. The maximum Gasteiger partial charge on any atom is 0.254 e. The third-order valence-corrected chi connectivity index (χ3v) is 6.51. The van der Waals surface area contributed by atoms with E-state index in [-0.39, 0.29) is 36.2 Å². The average molecular weight is 450 g/mol. The number of hydrogen-bond acceptors (Lipinski definition) is 4. The smallest absolute Gasteiger partial charge is 0.254 e. The van der Waals surface area contributed by atoms with Crippen LogP contribution >= 0.6 is 0 Å². The van der Waals surface area contributed by atoms with Gasteiger partial charge in [0.2, 0.25) is 11.8 Å². The van der Waals surface area contributed by atoms with Crippen molar-refractivity contribution in [3.63, 3.8) is 0 Å². The van der Waals surface area contributed by atoms with Crippen molar-refractivity contribution in [3.05, 3.63) is 59.2 Å². The summed E-state index contributed by atoms with van der Waals surface area (Å²) < 4.78 is 5.20. The largest absolute Gasteiger partial charge is 0.497 e. The van der Waals surface area contributed by atoms with E-state index in [1.165, 1.54) is 0 Å². The zero-order valence-electron chi connectivity index (χ0n) is 19.4. The normalized spacial score (nSPS) is 22.2. The third-order valence-electron chi connectivity index (χ3n) is 6.51. The van der Waals surface area contributed by atoms with Gasteiger partial charge in [-0.25, -0.2) is 0 Å². The van der Waals surface area contributed by atoms with E-state index in [1.54, 1.807) is 36.3 Å². The molecule has 1 saturated carbocycles. The van der Waals surface area contributed by atoms with Gasteiger partial charge < -0.3 is 20.3 Å². The van der Waals surface area contributed by atoms with Crippen molar-refractivity contribution < 1.29 is 19.1 Å². The van der Waals surface area contributed by atoms with E-state index in [2.05, 4.69) is 10.6 Å². The summed E-state index contributed by atoms with van der Waals surface area (Å²) >= 11 is 0. The molecule has 3 amide bonds. The van der Waals surface area contributed by atoms with E-state index in [4.69, 9.17) is 4.74 Å². The Morgan fingerprint density at radius 2 is 1.73 bits per heavy atom. The molecule has 0 unspecified atom stereocenters. The second-order valence-corrected chi connectivity index (χ2v) is 9.05. The van der Waals surface area contributed by atoms with Crippen molar-refractivity contribution in [1.82, 2.24) is 10.2 Å². The summed E-state index contributed by atoms with van der Waals surface area (Å²) in [4.78, 5) is 41.3. The number of benzene rings is 2. The van der Waals surface area contributed by atoms with Gasteiger partial charge in [-0.05, 0) is 74.2 Å². The van der Waals surface area contributed by atoms with Gasteiger partial charge in [0.25, 0.3) is 5.91 Å². The van der Waals surface area contributed by atoms with E-state index < -0.39 is 6.04 Å². The molecule has 1 saturated heterocycles. The van der Waals surface area contributed by atoms with E-state index in [0.717, 1.165) is 36.8 Å². The first-order valence-electron chi connectivity index (χ1n) is 11.5. The maximum atomic E-state index is 13.6. The molecule has 3 atom stereocenters. The number of rotatable bonds is 5. The molecule has 7 heteroatoms. The van der Waals surface area contributed by atoms with Crippen LogP contribution in [0.2, 0.25) is 0 Å². The molecule has 2 N–H and O–H groups in total. The van der Waals surface area contributed by atoms with Crippen LogP contribution in [0.5, 0.6) is 5.75 Å². The number of ether oxygens (including phenoxy) is 1. The summed E-state index contributed by atoms with van der Waals surface area (Å²) in [5, 5.41) is 5.98. The molecule has 2 aliphatic rings. The number of amides is 3. The minimum atomic E-state index is -0.857. The van der Waals surface area contributed by atoms with Crippen molar-refractivity contribution in [2.45, 2.75) is 64.1 Å². The van der Waals surface area contributed by atoms with Gasteiger partial charge in [-0.1, -0.05) is 18.9 Å². The fraction of sp³-hybridized carbons (Fsp3) is 0.423. The highest BCUT2D eigenvalue weighted by Crippen LogP contribution is 2.31. The molecule has 0 bridgehead atoms. The molecular formula is C26H31N3O4. The Morgan fingerprint density at radius 3 is 2.39 bits per heavy atom. The lowest BCUT2D eigenvalue weighted by Crippen LogP contribution is -2.68. The Kier molecular flexibility index (Phi) is 6.67. The molecule has 2 aromatic carbocycles. The molecule has 2 aromatic rings. The molecule has 1 heterocycles. The van der Waals surface area contributed by atoms with Crippen LogP contribution in [-0.4, -0.2) is 47.9 Å². The van der Waals surface area contributed by atoms with Crippen molar-refractivity contribution in [2.75, 3.05) is 12.4 Å². The van der Waals surface area contributed by atoms with Gasteiger partial charge in [-0.15, -0.1) is 0 Å². The minimum Gasteiger partial charge on any atom is -0.497 e. The molecule has 1 aliphatic carbocycles. The first-order valence-corrected chi connectivity index (χ1v) is 11.5. The van der Waals surface area contributed by atoms with Gasteiger partial charge in [-0.3, -0.25) is 14.4 Å². The number of carbonyl (C=O) groups excluding carboxylic acids is 3. The molecule has 33 heavy (non-hydrogen) atoms. The predicted molar refractivity (Wildman–Crippen MR) is 126 cm³/mol. The van der Waals surface area contributed by atoms with Crippen LogP contribution in [0.25, 0.3) is 0 Å². The summed E-state index contributed by atoms with van der Waals surface area (Å²) in [5.41, 5.74) is 3.26. The topological polar surface area (TPSA) is 87.7 Å². The molecule has 174 valence electrons. The van der Waals surface area contributed by atoms with Crippen molar-refractivity contribution in [1.29, 1.82) is 0 Å². The van der Waals surface area contributed by atoms with E-state index in [1.807, 2.05) is 32.0 Å². The van der Waals surface area contributed by atoms with Crippen LogP contribution in [0.4, 0.5) is 5.69 Å². The lowest BCUT2D eigenvalue weighted by molar-refractivity contribution is -0.135. The highest BCUT2D eigenvalue weighted by atomic mass is 16.5. The molecule has 7 nitrogen and oxygen atoms in total. The SMILES string of the molecule is COc1ccc(C(=O)N2[C@@H](CC(=O)Nc3cc(C)cc(C)c3)C(=O)N[C@@H]3CCCC[C@@H]32)cc1. The van der Waals surface area contributed by atoms with Crippen LogP contribution in [0.15, 0.2) is 42.5 Å². The summed E-state index contributed by atoms with van der Waals surface area (Å²) in [6.45, 7) is 3.94. The Morgan fingerprint density at radius 1 is 1.06 bits per heavy atom. The van der Waals surface area contributed by atoms with Crippen LogP contribution in [-0.2, 0) is 9.59 Å². The quantitative estimate of drug-likeness (QED) is 0.730. The lowest BCUT2D eigenvalue weighted by atomic mass is 9.84. The van der Waals surface area contributed by atoms with Crippen molar-refractivity contribution in [2.24, 2.45) is 0 Å². The van der Waals surface area contributed by atoms with E-state index in [0.29, 0.717) is 17.0 Å². The zero-order valence-corrected chi connectivity index (χ0v) is 19.4. The van der Waals surface area contributed by atoms with Gasteiger partial charge >= 0.3 is 0 Å². The molecular weight excluding hydrogens is 418 g/mol. The predicted octanol–water partition coefficient (Wildman–Crippen LogP) is 3.59. The van der Waals surface area contributed by atoms with Gasteiger partial charge in [0.15, 0.2) is 0 Å². The Bertz CT molecular complexity index is 1030. The van der Waals surface area contributed by atoms with E-state index in [9.17, 15) is 14.4 Å². The van der Waals surface area contributed by atoms with Crippen LogP contribution in [0.1, 0.15) is 53.6 Å². The first kappa shape index (κ1) is 22.8. The Labute approximate surface area is 194 Å². The second kappa shape index (κ2) is 9.65. The van der Waals surface area contributed by atoms with Crippen molar-refractivity contribution in [3.8, 4) is 5.75 Å². The molecule has 0 aromatic heterocycles. The van der Waals surface area contributed by atoms with Gasteiger partial charge in [0.05, 0.1) is 19.6 Å². The molecule has 0 radical (unpaired) electrons. The number of hydrogen-bond donors (Lipinski definition) is 2. The summed E-state index contributed by atoms with van der Waals surface area (Å²) in [6.07, 6.45) is 3.56. The van der Waals surface area contributed by atoms with Crippen molar-refractivity contribution >= 4 is 23.4 Å². The fourth-order valence-corrected chi connectivity index (χ4v) is 5.05. The number of nitrogens with zero attached hydrogens (tertiary/aromatic N) is 1. The van der Waals surface area contributed by atoms with Crippen LogP contribution in [0.3, 0.4) is 0 Å². The van der Waals surface area contributed by atoms with Gasteiger partial charge in [-0.2, -0.15) is 0 Å². The Hall–Kier alpha value is -3.35. The number of piperazine rings is 1. The number of carbonyl (C=O) groups is 3. The Balaban J connectivity index is 1.59. The summed E-state index contributed by atoms with van der Waals surface area (Å²) in [5.74, 6) is -0.131. The number of anilines is 1. The second-order valence-electron chi connectivity index (χ2n) is 9.05. The van der Waals surface area contributed by atoms with Crippen LogP contribution < -0.4 is 15.4 Å². The fourth-order valence-electron chi connectivity index (χ4n) is 5.05. The number of aryl methyl sites for hydroxylation is 2. The van der Waals surface area contributed by atoms with Gasteiger partial charge in [0.1, 0.15) is 11.8 Å². The third kappa shape index (κ3) is 5.02. The number of methoxy groups -OCH3 is 1. The number of nitrogens with one attached hydrogen (secondary N) is 2. The average Bonchev–Trinajstić information content (AvgIpc) is 2.78. The molecule has 0 spiro atoms. The highest BCUT2D eigenvalue weighted by molar-refractivity contribution is 6.01. The summed E-state index contributed by atoms with van der Waals surface area (Å²) in [7, 11) is 1.57. The summed E-state index contributed by atoms with van der Waals surface area (Å²) in [6, 6.07) is 11.6. The highest BCUT2D eigenvalue weighted by Gasteiger charge is 2.46. The van der Waals surface area contributed by atoms with E-state index >= 15 is 0 Å². The number of fused-ring (bicyclic) bond motifs is 1. The molecule has 1 aliphatic heterocycles. The zero-order chi connectivity index (χ0) is 23.5. The first-order chi connectivity index (χ1) is 15.9.